The van der Waals surface area contributed by atoms with Gasteiger partial charge in [-0.3, -0.25) is 9.48 Å². The van der Waals surface area contributed by atoms with Crippen LogP contribution in [0, 0.1) is 12.7 Å². The highest BCUT2D eigenvalue weighted by Gasteiger charge is 2.34. The van der Waals surface area contributed by atoms with Crippen molar-refractivity contribution in [2.24, 2.45) is 0 Å². The van der Waals surface area contributed by atoms with Gasteiger partial charge in [0.25, 0.3) is 5.56 Å². The molecule has 2 aromatic heterocycles. The lowest BCUT2D eigenvalue weighted by molar-refractivity contribution is -0.140. The van der Waals surface area contributed by atoms with Crippen molar-refractivity contribution < 1.29 is 22.7 Å². The van der Waals surface area contributed by atoms with Crippen LogP contribution in [0.25, 0.3) is 11.0 Å². The summed E-state index contributed by atoms with van der Waals surface area (Å²) < 4.78 is 53.5. The largest absolute Gasteiger partial charge is 0.419 e. The van der Waals surface area contributed by atoms with E-state index in [-0.39, 0.29) is 29.7 Å². The summed E-state index contributed by atoms with van der Waals surface area (Å²) in [5, 5.41) is 13.5. The van der Waals surface area contributed by atoms with Crippen molar-refractivity contribution >= 4 is 11.0 Å². The summed E-state index contributed by atoms with van der Waals surface area (Å²) in [6.45, 7) is 2.98. The second kappa shape index (κ2) is 6.76. The number of nitrogens with one attached hydrogen (secondary N) is 1. The molecule has 3 rings (SSSR count). The number of aromatic amines is 1. The molecule has 0 aliphatic carbocycles. The second-order valence-electron chi connectivity index (χ2n) is 6.14. The average Bonchev–Trinajstić information content (AvgIpc) is 2.91. The molecule has 27 heavy (non-hydrogen) atoms. The maximum absolute atomic E-state index is 13.9. The van der Waals surface area contributed by atoms with Gasteiger partial charge < -0.3 is 10.1 Å². The van der Waals surface area contributed by atoms with Gasteiger partial charge in [0.1, 0.15) is 17.2 Å². The van der Waals surface area contributed by atoms with E-state index in [1.807, 2.05) is 0 Å². The molecule has 2 heterocycles. The number of nitrogens with zero attached hydrogens (tertiary/aromatic N) is 3. The first-order valence-electron chi connectivity index (χ1n) is 8.08. The number of aromatic nitrogens is 4. The van der Waals surface area contributed by atoms with E-state index in [9.17, 15) is 27.5 Å². The summed E-state index contributed by atoms with van der Waals surface area (Å²) in [6, 6.07) is 2.66. The number of fused-ring (bicyclic) bond motifs is 1. The van der Waals surface area contributed by atoms with Gasteiger partial charge in [-0.05, 0) is 24.6 Å². The fourth-order valence-corrected chi connectivity index (χ4v) is 2.96. The minimum absolute atomic E-state index is 0.0401. The van der Waals surface area contributed by atoms with Gasteiger partial charge in [0.2, 0.25) is 0 Å². The van der Waals surface area contributed by atoms with Gasteiger partial charge in [-0.2, -0.15) is 18.3 Å². The maximum atomic E-state index is 13.9. The number of aliphatic hydroxyl groups excluding tert-OH is 1. The van der Waals surface area contributed by atoms with E-state index in [1.165, 1.54) is 10.7 Å². The van der Waals surface area contributed by atoms with Crippen LogP contribution >= 0.6 is 0 Å². The highest BCUT2D eigenvalue weighted by molar-refractivity contribution is 5.77. The Labute approximate surface area is 150 Å². The standard InChI is InChI=1S/C17H16F4N4O2/c1-8(10-3-4-11(12(18)7-10)17(19,20)21)13-14-15(25(24-13)5-6-26)16(27)23-9(2)22-14/h3-4,7-8,26H,5-6H2,1-2H3,(H,22,23,27)/t8-/m1/s1. The van der Waals surface area contributed by atoms with Crippen molar-refractivity contribution in [3.05, 3.63) is 57.0 Å². The fourth-order valence-electron chi connectivity index (χ4n) is 2.96. The van der Waals surface area contributed by atoms with Crippen molar-refractivity contribution in [3.63, 3.8) is 0 Å². The molecule has 0 spiro atoms. The van der Waals surface area contributed by atoms with Gasteiger partial charge >= 0.3 is 6.18 Å². The zero-order valence-electron chi connectivity index (χ0n) is 14.4. The smallest absolute Gasteiger partial charge is 0.394 e. The van der Waals surface area contributed by atoms with Crippen molar-refractivity contribution in [3.8, 4) is 0 Å². The highest BCUT2D eigenvalue weighted by atomic mass is 19.4. The molecule has 2 N–H and O–H groups in total. The van der Waals surface area contributed by atoms with Crippen LogP contribution in [0.1, 0.15) is 35.5 Å². The third-order valence-corrected chi connectivity index (χ3v) is 4.26. The van der Waals surface area contributed by atoms with Crippen LogP contribution in [0.4, 0.5) is 17.6 Å². The van der Waals surface area contributed by atoms with Crippen molar-refractivity contribution in [2.45, 2.75) is 32.5 Å². The van der Waals surface area contributed by atoms with Crippen molar-refractivity contribution in [1.29, 1.82) is 0 Å². The van der Waals surface area contributed by atoms with Gasteiger partial charge in [-0.25, -0.2) is 9.37 Å². The van der Waals surface area contributed by atoms with Crippen molar-refractivity contribution in [2.75, 3.05) is 6.61 Å². The van der Waals surface area contributed by atoms with E-state index >= 15 is 0 Å². The number of H-pyrrole nitrogens is 1. The predicted molar refractivity (Wildman–Crippen MR) is 88.9 cm³/mol. The average molecular weight is 384 g/mol. The Morgan fingerprint density at radius 1 is 1.33 bits per heavy atom. The van der Waals surface area contributed by atoms with Crippen LogP contribution in [0.3, 0.4) is 0 Å². The molecular weight excluding hydrogens is 368 g/mol. The van der Waals surface area contributed by atoms with Gasteiger partial charge in [-0.1, -0.05) is 13.0 Å². The fraction of sp³-hybridized carbons (Fsp3) is 0.353. The summed E-state index contributed by atoms with van der Waals surface area (Å²) in [7, 11) is 0. The Balaban J connectivity index is 2.15. The number of benzene rings is 1. The molecule has 0 aliphatic rings. The molecule has 144 valence electrons. The molecule has 0 fully saturated rings. The molecule has 0 radical (unpaired) electrons. The number of rotatable bonds is 4. The Kier molecular flexibility index (Phi) is 4.77. The Bertz CT molecular complexity index is 1060. The topological polar surface area (TPSA) is 83.8 Å². The molecule has 0 amide bonds. The monoisotopic (exact) mass is 384 g/mol. The number of aliphatic hydroxyl groups is 1. The van der Waals surface area contributed by atoms with Crippen LogP contribution in [0.2, 0.25) is 0 Å². The number of aryl methyl sites for hydroxylation is 1. The molecule has 0 unspecified atom stereocenters. The number of alkyl halides is 3. The molecule has 0 saturated carbocycles. The Morgan fingerprint density at radius 2 is 2.04 bits per heavy atom. The zero-order chi connectivity index (χ0) is 19.9. The van der Waals surface area contributed by atoms with Crippen LogP contribution in [0.15, 0.2) is 23.0 Å². The number of halogens is 4. The maximum Gasteiger partial charge on any atom is 0.419 e. The SMILES string of the molecule is Cc1nc2c([C@H](C)c3ccc(C(F)(F)F)c(F)c3)nn(CCO)c2c(=O)[nH]1. The van der Waals surface area contributed by atoms with Crippen LogP contribution in [0.5, 0.6) is 0 Å². The van der Waals surface area contributed by atoms with E-state index in [0.717, 1.165) is 6.07 Å². The minimum Gasteiger partial charge on any atom is -0.394 e. The lowest BCUT2D eigenvalue weighted by atomic mass is 9.95. The summed E-state index contributed by atoms with van der Waals surface area (Å²) in [4.78, 5) is 19.1. The summed E-state index contributed by atoms with van der Waals surface area (Å²) >= 11 is 0. The molecular formula is C17H16F4N4O2. The first-order valence-corrected chi connectivity index (χ1v) is 8.08. The van der Waals surface area contributed by atoms with Gasteiger partial charge in [0, 0.05) is 5.92 Å². The van der Waals surface area contributed by atoms with Crippen LogP contribution in [-0.4, -0.2) is 31.5 Å². The minimum atomic E-state index is -4.78. The number of hydrogen-bond donors (Lipinski definition) is 2. The van der Waals surface area contributed by atoms with Gasteiger partial charge in [0.15, 0.2) is 5.52 Å². The van der Waals surface area contributed by atoms with Crippen LogP contribution in [-0.2, 0) is 12.7 Å². The van der Waals surface area contributed by atoms with E-state index in [1.54, 1.807) is 13.8 Å². The quantitative estimate of drug-likeness (QED) is 0.678. The molecule has 0 aliphatic heterocycles. The third-order valence-electron chi connectivity index (χ3n) is 4.26. The predicted octanol–water partition coefficient (Wildman–Crippen LogP) is 2.73. The summed E-state index contributed by atoms with van der Waals surface area (Å²) in [5.41, 5.74) is -0.820. The molecule has 6 nitrogen and oxygen atoms in total. The van der Waals surface area contributed by atoms with Crippen molar-refractivity contribution in [1.82, 2.24) is 19.7 Å². The van der Waals surface area contributed by atoms with Gasteiger partial charge in [0.05, 0.1) is 24.4 Å². The first kappa shape index (κ1) is 19.0. The van der Waals surface area contributed by atoms with E-state index in [2.05, 4.69) is 15.1 Å². The number of hydrogen-bond acceptors (Lipinski definition) is 4. The van der Waals surface area contributed by atoms with E-state index in [0.29, 0.717) is 17.6 Å². The Morgan fingerprint density at radius 3 is 2.63 bits per heavy atom. The molecule has 0 bridgehead atoms. The second-order valence-corrected chi connectivity index (χ2v) is 6.14. The lowest BCUT2D eigenvalue weighted by Crippen LogP contribution is -2.15. The summed E-state index contributed by atoms with van der Waals surface area (Å²) in [5.74, 6) is -1.67. The zero-order valence-corrected chi connectivity index (χ0v) is 14.4. The first-order chi connectivity index (χ1) is 12.6. The lowest BCUT2D eigenvalue weighted by Gasteiger charge is -2.13. The van der Waals surface area contributed by atoms with E-state index < -0.39 is 29.0 Å². The Hall–Kier alpha value is -2.75. The molecule has 0 saturated heterocycles. The normalized spacial score (nSPS) is 13.3. The molecule has 1 atom stereocenters. The van der Waals surface area contributed by atoms with Crippen LogP contribution < -0.4 is 5.56 Å². The molecule has 3 aromatic rings. The van der Waals surface area contributed by atoms with E-state index in [4.69, 9.17) is 0 Å². The summed E-state index contributed by atoms with van der Waals surface area (Å²) in [6.07, 6.45) is -4.78. The highest BCUT2D eigenvalue weighted by Crippen LogP contribution is 2.34. The third kappa shape index (κ3) is 3.44. The molecule has 10 heteroatoms. The molecule has 1 aromatic carbocycles. The van der Waals surface area contributed by atoms with Gasteiger partial charge in [-0.15, -0.1) is 0 Å².